The van der Waals surface area contributed by atoms with Crippen molar-refractivity contribution in [2.75, 3.05) is 17.1 Å². The van der Waals surface area contributed by atoms with Crippen molar-refractivity contribution in [1.82, 2.24) is 5.32 Å². The van der Waals surface area contributed by atoms with E-state index in [1.165, 1.54) is 4.31 Å². The quantitative estimate of drug-likeness (QED) is 0.253. The molecule has 1 atom stereocenters. The van der Waals surface area contributed by atoms with Gasteiger partial charge in [-0.15, -0.1) is 11.8 Å². The predicted molar refractivity (Wildman–Crippen MR) is 152 cm³/mol. The molecule has 4 aromatic carbocycles. The van der Waals surface area contributed by atoms with Gasteiger partial charge in [-0.1, -0.05) is 54.6 Å². The van der Waals surface area contributed by atoms with Crippen molar-refractivity contribution in [3.05, 3.63) is 125 Å². The number of carbonyl (C=O) groups is 1. The van der Waals surface area contributed by atoms with Crippen molar-refractivity contribution in [2.45, 2.75) is 29.7 Å². The number of hydrogen-bond donors (Lipinski definition) is 1. The van der Waals surface area contributed by atoms with Crippen molar-refractivity contribution in [1.29, 1.82) is 0 Å². The molecule has 0 saturated carbocycles. The van der Waals surface area contributed by atoms with E-state index in [1.54, 1.807) is 67.2 Å². The maximum Gasteiger partial charge on any atom is 0.264 e. The zero-order valence-electron chi connectivity index (χ0n) is 21.1. The lowest BCUT2D eigenvalue weighted by atomic mass is 9.94. The van der Waals surface area contributed by atoms with Crippen LogP contribution in [0.4, 0.5) is 5.69 Å². The van der Waals surface area contributed by atoms with Gasteiger partial charge in [0.15, 0.2) is 0 Å². The molecular formula is C30H30N2O3S2. The average molecular weight is 531 g/mol. The highest BCUT2D eigenvalue weighted by Crippen LogP contribution is 2.27. The number of amides is 1. The molecule has 1 N–H and O–H groups in total. The number of rotatable bonds is 9. The fourth-order valence-corrected chi connectivity index (χ4v) is 6.14. The molecule has 0 aliphatic heterocycles. The summed E-state index contributed by atoms with van der Waals surface area (Å²) in [6.45, 7) is 4.09. The third-order valence-electron chi connectivity index (χ3n) is 6.26. The average Bonchev–Trinajstić information content (AvgIpc) is 2.93. The molecule has 7 heteroatoms. The first-order valence-electron chi connectivity index (χ1n) is 12.0. The molecule has 0 fully saturated rings. The van der Waals surface area contributed by atoms with Crippen molar-refractivity contribution < 1.29 is 13.2 Å². The first-order valence-corrected chi connectivity index (χ1v) is 14.7. The second-order valence-corrected chi connectivity index (χ2v) is 11.3. The van der Waals surface area contributed by atoms with Crippen LogP contribution in [0.15, 0.2) is 113 Å². The molecule has 190 valence electrons. The fourth-order valence-electron chi connectivity index (χ4n) is 4.26. The molecule has 37 heavy (non-hydrogen) atoms. The summed E-state index contributed by atoms with van der Waals surface area (Å²) in [6, 6.07) is 31.1. The summed E-state index contributed by atoms with van der Waals surface area (Å²) >= 11 is 1.56. The minimum atomic E-state index is -3.73. The van der Waals surface area contributed by atoms with Crippen LogP contribution >= 0.6 is 11.8 Å². The number of thioether (sulfide) groups is 1. The third-order valence-corrected chi connectivity index (χ3v) is 8.92. The Morgan fingerprint density at radius 1 is 0.865 bits per heavy atom. The van der Waals surface area contributed by atoms with Crippen LogP contribution in [0.2, 0.25) is 0 Å². The van der Waals surface area contributed by atoms with E-state index >= 15 is 0 Å². The Balaban J connectivity index is 1.58. The van der Waals surface area contributed by atoms with Crippen molar-refractivity contribution >= 4 is 33.4 Å². The number of benzene rings is 4. The molecule has 5 nitrogen and oxygen atoms in total. The van der Waals surface area contributed by atoms with Crippen molar-refractivity contribution in [3.8, 4) is 0 Å². The van der Waals surface area contributed by atoms with Gasteiger partial charge in [0, 0.05) is 17.0 Å². The monoisotopic (exact) mass is 530 g/mol. The predicted octanol–water partition coefficient (Wildman–Crippen LogP) is 6.45. The van der Waals surface area contributed by atoms with Gasteiger partial charge in [0.2, 0.25) is 0 Å². The van der Waals surface area contributed by atoms with E-state index in [1.807, 2.05) is 67.8 Å². The largest absolute Gasteiger partial charge is 0.341 e. The summed E-state index contributed by atoms with van der Waals surface area (Å²) in [6.07, 6.45) is 1.95. The second-order valence-electron chi connectivity index (χ2n) is 8.57. The van der Waals surface area contributed by atoms with Crippen LogP contribution in [-0.2, 0) is 10.0 Å². The highest BCUT2D eigenvalue weighted by atomic mass is 32.2. The molecule has 0 aliphatic carbocycles. The second kappa shape index (κ2) is 11.7. The minimum Gasteiger partial charge on any atom is -0.341 e. The lowest BCUT2D eigenvalue weighted by Gasteiger charge is -2.24. The summed E-state index contributed by atoms with van der Waals surface area (Å²) in [5, 5.41) is 3.16. The summed E-state index contributed by atoms with van der Waals surface area (Å²) < 4.78 is 28.0. The molecule has 0 bridgehead atoms. The van der Waals surface area contributed by atoms with E-state index in [9.17, 15) is 13.2 Å². The third kappa shape index (κ3) is 5.89. The Bertz CT molecular complexity index is 1450. The Morgan fingerprint density at radius 2 is 1.49 bits per heavy atom. The molecule has 0 aromatic heterocycles. The fraction of sp³-hybridized carbons (Fsp3) is 0.167. The number of anilines is 1. The highest BCUT2D eigenvalue weighted by Gasteiger charge is 2.24. The summed E-state index contributed by atoms with van der Waals surface area (Å²) in [5.74, 6) is -0.234. The number of hydrogen-bond acceptors (Lipinski definition) is 4. The summed E-state index contributed by atoms with van der Waals surface area (Å²) in [7, 11) is -3.73. The maximum absolute atomic E-state index is 13.3. The van der Waals surface area contributed by atoms with E-state index < -0.39 is 10.0 Å². The number of aryl methyl sites for hydroxylation is 1. The summed E-state index contributed by atoms with van der Waals surface area (Å²) in [4.78, 5) is 14.5. The molecule has 4 rings (SSSR count). The Morgan fingerprint density at radius 3 is 2.08 bits per heavy atom. The van der Waals surface area contributed by atoms with Crippen LogP contribution in [0.25, 0.3) is 0 Å². The first-order chi connectivity index (χ1) is 17.8. The molecule has 0 saturated heterocycles. The standard InChI is InChI=1S/C30H30N2O3S2/c1-4-32(37(34,35)27-20-18-26(36-3)19-21-27)25-16-14-24(15-17-25)30(33)31-29(23-11-6-5-7-12-23)28-13-9-8-10-22(28)2/h5-21,29H,4H2,1-3H3,(H,31,33). The Kier molecular flexibility index (Phi) is 8.36. The van der Waals surface area contributed by atoms with Crippen LogP contribution in [0, 0.1) is 6.92 Å². The van der Waals surface area contributed by atoms with Gasteiger partial charge in [-0.05, 0) is 85.3 Å². The van der Waals surface area contributed by atoms with Gasteiger partial charge >= 0.3 is 0 Å². The zero-order chi connectivity index (χ0) is 26.4. The van der Waals surface area contributed by atoms with E-state index in [0.717, 1.165) is 21.6 Å². The number of sulfonamides is 1. The van der Waals surface area contributed by atoms with Gasteiger partial charge in [0.1, 0.15) is 0 Å². The van der Waals surface area contributed by atoms with Gasteiger partial charge in [-0.25, -0.2) is 8.42 Å². The van der Waals surface area contributed by atoms with E-state index in [4.69, 9.17) is 0 Å². The lowest BCUT2D eigenvalue weighted by Crippen LogP contribution is -2.31. The first kappa shape index (κ1) is 26.5. The molecule has 4 aromatic rings. The van der Waals surface area contributed by atoms with Crippen molar-refractivity contribution in [2.24, 2.45) is 0 Å². The maximum atomic E-state index is 13.3. The van der Waals surface area contributed by atoms with Crippen LogP contribution in [0.3, 0.4) is 0 Å². The van der Waals surface area contributed by atoms with E-state index in [-0.39, 0.29) is 23.4 Å². The summed E-state index contributed by atoms with van der Waals surface area (Å²) in [5.41, 5.74) is 4.05. The molecule has 0 heterocycles. The molecule has 1 unspecified atom stereocenters. The molecule has 0 aliphatic rings. The lowest BCUT2D eigenvalue weighted by molar-refractivity contribution is 0.0943. The normalized spacial score (nSPS) is 12.1. The Labute approximate surface area is 223 Å². The van der Waals surface area contributed by atoms with Crippen LogP contribution in [0.1, 0.15) is 40.0 Å². The topological polar surface area (TPSA) is 66.5 Å². The number of nitrogens with one attached hydrogen (secondary N) is 1. The number of carbonyl (C=O) groups excluding carboxylic acids is 1. The smallest absolute Gasteiger partial charge is 0.264 e. The zero-order valence-corrected chi connectivity index (χ0v) is 22.7. The SMILES string of the molecule is CCN(c1ccc(C(=O)NC(c2ccccc2)c2ccccc2C)cc1)S(=O)(=O)c1ccc(SC)cc1. The van der Waals surface area contributed by atoms with Crippen LogP contribution < -0.4 is 9.62 Å². The van der Waals surface area contributed by atoms with Crippen molar-refractivity contribution in [3.63, 3.8) is 0 Å². The van der Waals surface area contributed by atoms with Gasteiger partial charge < -0.3 is 5.32 Å². The van der Waals surface area contributed by atoms with E-state index in [0.29, 0.717) is 11.3 Å². The van der Waals surface area contributed by atoms with Gasteiger partial charge in [0.05, 0.1) is 16.6 Å². The molecule has 0 radical (unpaired) electrons. The van der Waals surface area contributed by atoms with E-state index in [2.05, 4.69) is 5.32 Å². The molecule has 1 amide bonds. The Hall–Kier alpha value is -3.55. The molecular weight excluding hydrogens is 500 g/mol. The molecule has 0 spiro atoms. The number of nitrogens with zero attached hydrogens (tertiary/aromatic N) is 1. The van der Waals surface area contributed by atoms with Gasteiger partial charge in [-0.2, -0.15) is 0 Å². The van der Waals surface area contributed by atoms with Crippen LogP contribution in [0.5, 0.6) is 0 Å². The van der Waals surface area contributed by atoms with Gasteiger partial charge in [0.25, 0.3) is 15.9 Å². The van der Waals surface area contributed by atoms with Crippen LogP contribution in [-0.4, -0.2) is 27.1 Å². The minimum absolute atomic E-state index is 0.234. The highest BCUT2D eigenvalue weighted by molar-refractivity contribution is 7.98. The van der Waals surface area contributed by atoms with Gasteiger partial charge in [-0.3, -0.25) is 9.10 Å².